The van der Waals surface area contributed by atoms with Gasteiger partial charge in [0.2, 0.25) is 0 Å². The minimum absolute atomic E-state index is 0.257. The van der Waals surface area contributed by atoms with Crippen molar-refractivity contribution in [2.45, 2.75) is 6.54 Å². The number of methoxy groups -OCH3 is 2. The van der Waals surface area contributed by atoms with Gasteiger partial charge in [0.15, 0.2) is 0 Å². The van der Waals surface area contributed by atoms with Crippen LogP contribution in [0.15, 0.2) is 28.7 Å². The van der Waals surface area contributed by atoms with Crippen LogP contribution in [0.2, 0.25) is 5.02 Å². The smallest absolute Gasteiger partial charge is 0.433 e. The minimum Gasteiger partial charge on any atom is -0.495 e. The van der Waals surface area contributed by atoms with E-state index < -0.39 is 4.92 Å². The Kier molecular flexibility index (Phi) is 4.54. The predicted octanol–water partition coefficient (Wildman–Crippen LogP) is 3.47. The van der Waals surface area contributed by atoms with E-state index >= 15 is 0 Å². The van der Waals surface area contributed by atoms with Crippen LogP contribution in [0.3, 0.4) is 0 Å². The van der Waals surface area contributed by atoms with Crippen LogP contribution >= 0.6 is 11.6 Å². The second kappa shape index (κ2) is 6.36. The van der Waals surface area contributed by atoms with Crippen LogP contribution in [0.25, 0.3) is 0 Å². The summed E-state index contributed by atoms with van der Waals surface area (Å²) in [5.41, 5.74) is 0.627. The van der Waals surface area contributed by atoms with Crippen molar-refractivity contribution in [3.05, 3.63) is 45.2 Å². The van der Waals surface area contributed by atoms with E-state index in [0.717, 1.165) is 0 Å². The van der Waals surface area contributed by atoms with Crippen molar-refractivity contribution in [1.82, 2.24) is 0 Å². The van der Waals surface area contributed by atoms with E-state index in [1.54, 1.807) is 12.1 Å². The Morgan fingerprint density at radius 1 is 1.29 bits per heavy atom. The molecule has 0 fully saturated rings. The number of anilines is 1. The van der Waals surface area contributed by atoms with Crippen molar-refractivity contribution in [3.63, 3.8) is 0 Å². The van der Waals surface area contributed by atoms with Crippen molar-refractivity contribution >= 4 is 23.2 Å². The maximum Gasteiger partial charge on any atom is 0.433 e. The molecule has 0 saturated heterocycles. The van der Waals surface area contributed by atoms with Crippen LogP contribution in [-0.4, -0.2) is 19.1 Å². The Balaban J connectivity index is 2.15. The molecule has 0 radical (unpaired) electrons. The Hall–Kier alpha value is -2.41. The highest BCUT2D eigenvalue weighted by Crippen LogP contribution is 2.36. The van der Waals surface area contributed by atoms with Gasteiger partial charge in [-0.05, 0) is 12.1 Å². The molecule has 2 rings (SSSR count). The summed E-state index contributed by atoms with van der Waals surface area (Å²) in [5.74, 6) is 1.16. The highest BCUT2D eigenvalue weighted by molar-refractivity contribution is 6.32. The number of hydrogen-bond acceptors (Lipinski definition) is 6. The molecule has 0 amide bonds. The second-order valence-electron chi connectivity index (χ2n) is 4.04. The second-order valence-corrected chi connectivity index (χ2v) is 4.44. The first-order chi connectivity index (χ1) is 10.0. The zero-order valence-corrected chi connectivity index (χ0v) is 12.1. The van der Waals surface area contributed by atoms with Crippen LogP contribution in [0.4, 0.5) is 11.6 Å². The summed E-state index contributed by atoms with van der Waals surface area (Å²) < 4.78 is 15.4. The zero-order valence-electron chi connectivity index (χ0n) is 11.4. The van der Waals surface area contributed by atoms with Crippen LogP contribution < -0.4 is 14.8 Å². The molecule has 1 heterocycles. The molecule has 0 unspecified atom stereocenters. The average Bonchev–Trinajstić information content (AvgIpc) is 2.94. The molecule has 0 spiro atoms. The summed E-state index contributed by atoms with van der Waals surface area (Å²) in [5, 5.41) is 14.0. The van der Waals surface area contributed by atoms with E-state index in [0.29, 0.717) is 28.0 Å². The molecule has 0 aliphatic heterocycles. The first-order valence-electron chi connectivity index (χ1n) is 5.93. The Bertz CT molecular complexity index is 656. The summed E-state index contributed by atoms with van der Waals surface area (Å²) in [6.45, 7) is 0.257. The van der Waals surface area contributed by atoms with Crippen molar-refractivity contribution in [2.75, 3.05) is 19.5 Å². The number of nitrogens with zero attached hydrogens (tertiary/aromatic N) is 1. The third kappa shape index (κ3) is 3.38. The first kappa shape index (κ1) is 15.0. The summed E-state index contributed by atoms with van der Waals surface area (Å²) in [7, 11) is 3.03. The molecular weight excluding hydrogens is 300 g/mol. The molecule has 21 heavy (non-hydrogen) atoms. The number of hydrogen-bond donors (Lipinski definition) is 1. The number of benzene rings is 1. The summed E-state index contributed by atoms with van der Waals surface area (Å²) in [6.07, 6.45) is 0. The van der Waals surface area contributed by atoms with Gasteiger partial charge in [-0.1, -0.05) is 11.6 Å². The van der Waals surface area contributed by atoms with Gasteiger partial charge in [0.1, 0.15) is 22.2 Å². The molecule has 7 nitrogen and oxygen atoms in total. The normalized spacial score (nSPS) is 10.2. The molecule has 1 aromatic carbocycles. The van der Waals surface area contributed by atoms with E-state index in [2.05, 4.69) is 5.32 Å². The Morgan fingerprint density at radius 2 is 2.00 bits per heavy atom. The molecular formula is C13H13ClN2O5. The van der Waals surface area contributed by atoms with Crippen LogP contribution in [0.5, 0.6) is 11.5 Å². The maximum absolute atomic E-state index is 10.5. The Morgan fingerprint density at radius 3 is 2.57 bits per heavy atom. The molecule has 0 bridgehead atoms. The number of nitrogens with one attached hydrogen (secondary N) is 1. The van der Waals surface area contributed by atoms with E-state index in [-0.39, 0.29) is 12.4 Å². The van der Waals surface area contributed by atoms with Gasteiger partial charge in [0.25, 0.3) is 0 Å². The van der Waals surface area contributed by atoms with Crippen molar-refractivity contribution in [1.29, 1.82) is 0 Å². The number of halogens is 1. The average molecular weight is 313 g/mol. The number of furan rings is 1. The van der Waals surface area contributed by atoms with Gasteiger partial charge in [-0.2, -0.15) is 0 Å². The number of ether oxygens (including phenoxy) is 2. The fraction of sp³-hybridized carbons (Fsp3) is 0.231. The molecule has 0 atom stereocenters. The number of nitro groups is 1. The van der Waals surface area contributed by atoms with Crippen molar-refractivity contribution in [2.24, 2.45) is 0 Å². The molecule has 1 N–H and O–H groups in total. The summed E-state index contributed by atoms with van der Waals surface area (Å²) >= 11 is 6.05. The molecule has 0 saturated carbocycles. The third-order valence-electron chi connectivity index (χ3n) is 2.75. The molecule has 2 aromatic rings. The molecule has 112 valence electrons. The van der Waals surface area contributed by atoms with Gasteiger partial charge in [0.05, 0.1) is 37.5 Å². The lowest BCUT2D eigenvalue weighted by Crippen LogP contribution is -2.01. The monoisotopic (exact) mass is 312 g/mol. The molecule has 8 heteroatoms. The van der Waals surface area contributed by atoms with Gasteiger partial charge in [-0.15, -0.1) is 0 Å². The van der Waals surface area contributed by atoms with Gasteiger partial charge in [0, 0.05) is 6.07 Å². The minimum atomic E-state index is -0.589. The maximum atomic E-state index is 10.5. The van der Waals surface area contributed by atoms with Crippen molar-refractivity contribution in [3.8, 4) is 11.5 Å². The summed E-state index contributed by atoms with van der Waals surface area (Å²) in [6, 6.07) is 6.13. The van der Waals surface area contributed by atoms with Gasteiger partial charge < -0.3 is 19.2 Å². The lowest BCUT2D eigenvalue weighted by Gasteiger charge is -2.13. The lowest BCUT2D eigenvalue weighted by atomic mass is 10.2. The van der Waals surface area contributed by atoms with Gasteiger partial charge in [-0.3, -0.25) is 10.1 Å². The van der Waals surface area contributed by atoms with E-state index in [9.17, 15) is 10.1 Å². The quantitative estimate of drug-likeness (QED) is 0.649. The highest BCUT2D eigenvalue weighted by Gasteiger charge is 2.13. The van der Waals surface area contributed by atoms with Crippen LogP contribution in [0.1, 0.15) is 5.76 Å². The van der Waals surface area contributed by atoms with Gasteiger partial charge in [-0.25, -0.2) is 0 Å². The number of rotatable bonds is 6. The van der Waals surface area contributed by atoms with E-state index in [4.69, 9.17) is 25.5 Å². The molecule has 0 aliphatic carbocycles. The van der Waals surface area contributed by atoms with Gasteiger partial charge >= 0.3 is 5.88 Å². The predicted molar refractivity (Wildman–Crippen MR) is 77.2 cm³/mol. The fourth-order valence-electron chi connectivity index (χ4n) is 1.74. The Labute approximate surface area is 125 Å². The standard InChI is InChI=1S/C13H13ClN2O5/c1-19-11-6-12(20-2)10(5-9(11)14)15-7-8-3-4-13(21-8)16(17)18/h3-6,15H,7H2,1-2H3. The molecule has 1 aromatic heterocycles. The topological polar surface area (TPSA) is 86.8 Å². The fourth-order valence-corrected chi connectivity index (χ4v) is 1.98. The largest absolute Gasteiger partial charge is 0.495 e. The van der Waals surface area contributed by atoms with Crippen LogP contribution in [-0.2, 0) is 6.54 Å². The first-order valence-corrected chi connectivity index (χ1v) is 6.31. The molecule has 0 aliphatic rings. The van der Waals surface area contributed by atoms with Crippen molar-refractivity contribution < 1.29 is 18.8 Å². The van der Waals surface area contributed by atoms with E-state index in [1.165, 1.54) is 26.4 Å². The van der Waals surface area contributed by atoms with E-state index in [1.807, 2.05) is 0 Å². The third-order valence-corrected chi connectivity index (χ3v) is 3.05. The lowest BCUT2D eigenvalue weighted by molar-refractivity contribution is -0.402. The summed E-state index contributed by atoms with van der Waals surface area (Å²) in [4.78, 5) is 9.96. The highest BCUT2D eigenvalue weighted by atomic mass is 35.5. The zero-order chi connectivity index (χ0) is 15.4. The SMILES string of the molecule is COc1cc(OC)c(NCc2ccc([N+](=O)[O-])o2)cc1Cl. The van der Waals surface area contributed by atoms with Crippen LogP contribution in [0, 0.1) is 10.1 Å².